The summed E-state index contributed by atoms with van der Waals surface area (Å²) < 4.78 is 42.4. The van der Waals surface area contributed by atoms with Crippen LogP contribution in [0.3, 0.4) is 0 Å². The second-order valence-electron chi connectivity index (χ2n) is 5.38. The summed E-state index contributed by atoms with van der Waals surface area (Å²) in [6.45, 7) is 0. The number of hydrogen-bond donors (Lipinski definition) is 1. The van der Waals surface area contributed by atoms with Gasteiger partial charge in [-0.2, -0.15) is 0 Å². The van der Waals surface area contributed by atoms with Crippen molar-refractivity contribution >= 4 is 43.5 Å². The first-order chi connectivity index (χ1) is 12.7. The fourth-order valence-electron chi connectivity index (χ4n) is 2.31. The average Bonchev–Trinajstić information content (AvgIpc) is 2.96. The number of carbonyl (C=O) groups excluding carboxylic acids is 1. The third-order valence-corrected chi connectivity index (χ3v) is 6.28. The van der Waals surface area contributed by atoms with Crippen LogP contribution in [-0.2, 0) is 17.1 Å². The Kier molecular flexibility index (Phi) is 5.31. The number of aryl methyl sites for hydroxylation is 1. The summed E-state index contributed by atoms with van der Waals surface area (Å²) in [7, 11) is -2.73. The van der Waals surface area contributed by atoms with E-state index in [-0.39, 0.29) is 31.6 Å². The highest BCUT2D eigenvalue weighted by atomic mass is 79.9. The summed E-state index contributed by atoms with van der Waals surface area (Å²) in [4.78, 5) is 20.0. The van der Waals surface area contributed by atoms with Gasteiger partial charge < -0.3 is 4.57 Å². The van der Waals surface area contributed by atoms with Gasteiger partial charge in [0.2, 0.25) is 0 Å². The second kappa shape index (κ2) is 7.37. The van der Waals surface area contributed by atoms with Crippen LogP contribution in [0, 0.1) is 5.82 Å². The highest BCUT2D eigenvalue weighted by Crippen LogP contribution is 2.29. The van der Waals surface area contributed by atoms with Crippen LogP contribution in [-0.4, -0.2) is 28.9 Å². The predicted molar refractivity (Wildman–Crippen MR) is 100 cm³/mol. The molecule has 11 heteroatoms. The van der Waals surface area contributed by atoms with E-state index in [2.05, 4.69) is 25.9 Å². The normalized spacial score (nSPS) is 11.4. The number of benzene rings is 1. The average molecular weight is 474 g/mol. The maximum Gasteiger partial charge on any atom is 0.285 e. The van der Waals surface area contributed by atoms with Crippen LogP contribution in [0.25, 0.3) is 11.5 Å². The molecule has 1 N–H and O–H groups in total. The first-order valence-corrected chi connectivity index (χ1v) is 10.0. The molecule has 0 unspecified atom stereocenters. The Hall–Kier alpha value is -2.30. The Morgan fingerprint density at radius 1 is 1.30 bits per heavy atom. The lowest BCUT2D eigenvalue weighted by molar-refractivity contribution is 0.0977. The summed E-state index contributed by atoms with van der Waals surface area (Å²) in [5.74, 6) is -1.53. The molecule has 27 heavy (non-hydrogen) atoms. The van der Waals surface area contributed by atoms with Gasteiger partial charge in [0.15, 0.2) is 11.6 Å². The molecule has 0 radical (unpaired) electrons. The molecule has 0 aliphatic carbocycles. The molecule has 0 fully saturated rings. The van der Waals surface area contributed by atoms with E-state index in [0.717, 1.165) is 0 Å². The van der Waals surface area contributed by atoms with E-state index in [0.29, 0.717) is 0 Å². The molecule has 0 saturated heterocycles. The summed E-state index contributed by atoms with van der Waals surface area (Å²) in [6, 6.07) is 7.04. The Bertz CT molecular complexity index is 1130. The van der Waals surface area contributed by atoms with Gasteiger partial charge in [0.1, 0.15) is 16.3 Å². The van der Waals surface area contributed by atoms with Crippen molar-refractivity contribution in [3.8, 4) is 11.5 Å². The molecule has 3 aromatic rings. The number of nitrogens with one attached hydrogen (secondary N) is 1. The molecule has 1 aromatic carbocycles. The van der Waals surface area contributed by atoms with Crippen LogP contribution in [0.2, 0.25) is 5.02 Å². The van der Waals surface area contributed by atoms with E-state index in [1.54, 1.807) is 6.07 Å². The van der Waals surface area contributed by atoms with Crippen LogP contribution >= 0.6 is 27.5 Å². The highest BCUT2D eigenvalue weighted by molar-refractivity contribution is 9.10. The first-order valence-electron chi connectivity index (χ1n) is 7.36. The highest BCUT2D eigenvalue weighted by Gasteiger charge is 2.26. The Balaban J connectivity index is 1.94. The van der Waals surface area contributed by atoms with Gasteiger partial charge in [0, 0.05) is 23.9 Å². The molecule has 0 spiro atoms. The number of imidazole rings is 1. The summed E-state index contributed by atoms with van der Waals surface area (Å²) in [5, 5.41) is -0.0538. The van der Waals surface area contributed by atoms with Crippen molar-refractivity contribution in [3.05, 3.63) is 63.7 Å². The number of nitrogens with zero attached hydrogens (tertiary/aromatic N) is 3. The number of pyridine rings is 1. The Morgan fingerprint density at radius 2 is 2.04 bits per heavy atom. The molecule has 0 saturated carbocycles. The zero-order valence-electron chi connectivity index (χ0n) is 13.6. The fraction of sp³-hybridized carbons (Fsp3) is 0.0625. The van der Waals surface area contributed by atoms with Crippen LogP contribution < -0.4 is 4.72 Å². The molecule has 0 aliphatic rings. The topological polar surface area (TPSA) is 94.0 Å². The van der Waals surface area contributed by atoms with E-state index in [1.165, 1.54) is 48.3 Å². The number of rotatable bonds is 4. The van der Waals surface area contributed by atoms with Crippen molar-refractivity contribution < 1.29 is 17.6 Å². The zero-order valence-corrected chi connectivity index (χ0v) is 16.8. The number of hydrogen-bond acceptors (Lipinski definition) is 5. The molecular weight excluding hydrogens is 463 g/mol. The first kappa shape index (κ1) is 19.5. The minimum absolute atomic E-state index is 0.0538. The molecule has 2 aromatic heterocycles. The lowest BCUT2D eigenvalue weighted by Crippen LogP contribution is -2.31. The molecule has 0 aliphatic heterocycles. The molecule has 0 atom stereocenters. The fourth-order valence-corrected chi connectivity index (χ4v) is 5.01. The van der Waals surface area contributed by atoms with Crippen molar-refractivity contribution in [2.24, 2.45) is 7.05 Å². The third kappa shape index (κ3) is 3.87. The number of carbonyl (C=O) groups is 1. The molecule has 7 nitrogen and oxygen atoms in total. The van der Waals surface area contributed by atoms with Crippen LogP contribution in [0.1, 0.15) is 10.5 Å². The van der Waals surface area contributed by atoms with Gasteiger partial charge in [0.25, 0.3) is 15.9 Å². The maximum absolute atomic E-state index is 13.9. The van der Waals surface area contributed by atoms with Gasteiger partial charge in [-0.15, -0.1) is 0 Å². The third-order valence-electron chi connectivity index (χ3n) is 3.49. The lowest BCUT2D eigenvalue weighted by Gasteiger charge is -2.09. The van der Waals surface area contributed by atoms with E-state index in [4.69, 9.17) is 11.6 Å². The monoisotopic (exact) mass is 472 g/mol. The maximum atomic E-state index is 13.9. The van der Waals surface area contributed by atoms with Crippen LogP contribution in [0.15, 0.2) is 52.1 Å². The van der Waals surface area contributed by atoms with Crippen LogP contribution in [0.4, 0.5) is 4.39 Å². The standard InChI is InChI=1S/C16H11BrClFN4O3S/c1-23-8-12(21-15(23)13-11(19)6-3-7-20-13)16(24)22-27(25,26)14-9(17)4-2-5-10(14)18/h2-8H,1H3,(H,22,24). The minimum Gasteiger partial charge on any atom is -0.332 e. The second-order valence-corrected chi connectivity index (χ2v) is 8.26. The SMILES string of the molecule is Cn1cc(C(=O)NS(=O)(=O)c2c(Cl)cccc2Br)nc1-c1ncccc1F. The van der Waals surface area contributed by atoms with Gasteiger partial charge in [0.05, 0.1) is 5.02 Å². The number of aromatic nitrogens is 3. The zero-order chi connectivity index (χ0) is 19.8. The van der Waals surface area contributed by atoms with Gasteiger partial charge in [-0.05, 0) is 40.2 Å². The molecule has 0 bridgehead atoms. The minimum atomic E-state index is -4.26. The van der Waals surface area contributed by atoms with Crippen molar-refractivity contribution in [2.75, 3.05) is 0 Å². The number of sulfonamides is 1. The van der Waals surface area contributed by atoms with E-state index in [9.17, 15) is 17.6 Å². The number of halogens is 3. The van der Waals surface area contributed by atoms with Crippen molar-refractivity contribution in [3.63, 3.8) is 0 Å². The molecule has 3 rings (SSSR count). The lowest BCUT2D eigenvalue weighted by atomic mass is 10.3. The predicted octanol–water partition coefficient (Wildman–Crippen LogP) is 3.16. The van der Waals surface area contributed by atoms with Crippen LogP contribution in [0.5, 0.6) is 0 Å². The van der Waals surface area contributed by atoms with E-state index < -0.39 is 21.7 Å². The molecular formula is C16H11BrClFN4O3S. The van der Waals surface area contributed by atoms with Crippen molar-refractivity contribution in [2.45, 2.75) is 4.90 Å². The van der Waals surface area contributed by atoms with E-state index in [1.807, 2.05) is 4.72 Å². The Labute approximate surface area is 167 Å². The smallest absolute Gasteiger partial charge is 0.285 e. The van der Waals surface area contributed by atoms with Crippen molar-refractivity contribution in [1.29, 1.82) is 0 Å². The van der Waals surface area contributed by atoms with Crippen molar-refractivity contribution in [1.82, 2.24) is 19.3 Å². The molecule has 140 valence electrons. The largest absolute Gasteiger partial charge is 0.332 e. The summed E-state index contributed by atoms with van der Waals surface area (Å²) in [6.07, 6.45) is 2.65. The Morgan fingerprint density at radius 3 is 2.70 bits per heavy atom. The molecule has 2 heterocycles. The van der Waals surface area contributed by atoms with Gasteiger partial charge >= 0.3 is 0 Å². The summed E-state index contributed by atoms with van der Waals surface area (Å²) >= 11 is 9.04. The summed E-state index contributed by atoms with van der Waals surface area (Å²) in [5.41, 5.74) is -0.278. The quantitative estimate of drug-likeness (QED) is 0.628. The van der Waals surface area contributed by atoms with Gasteiger partial charge in [-0.1, -0.05) is 17.7 Å². The van der Waals surface area contributed by atoms with Gasteiger partial charge in [-0.25, -0.2) is 27.5 Å². The van der Waals surface area contributed by atoms with E-state index >= 15 is 0 Å². The molecule has 1 amide bonds. The number of amides is 1. The van der Waals surface area contributed by atoms with Gasteiger partial charge in [-0.3, -0.25) is 4.79 Å².